The van der Waals surface area contributed by atoms with Crippen LogP contribution in [0.2, 0.25) is 0 Å². The van der Waals surface area contributed by atoms with Crippen molar-refractivity contribution in [3.63, 3.8) is 0 Å². The maximum absolute atomic E-state index is 11.6. The van der Waals surface area contributed by atoms with Gasteiger partial charge in [0.15, 0.2) is 9.84 Å². The number of ether oxygens (including phenoxy) is 1. The standard InChI is InChI=1S/C12H25NO3S/c1-10(2)17(14,15)9-8-16-12-6-4-11(13-3)5-7-12/h10-13H,4-9H2,1-3H3. The van der Waals surface area contributed by atoms with Crippen LogP contribution in [0, 0.1) is 0 Å². The summed E-state index contributed by atoms with van der Waals surface area (Å²) in [4.78, 5) is 0. The van der Waals surface area contributed by atoms with Gasteiger partial charge in [0.2, 0.25) is 0 Å². The molecule has 0 aromatic rings. The number of hydrogen-bond acceptors (Lipinski definition) is 4. The molecule has 0 amide bonds. The topological polar surface area (TPSA) is 55.4 Å². The SMILES string of the molecule is CNC1CCC(OCCS(=O)(=O)C(C)C)CC1. The highest BCUT2D eigenvalue weighted by atomic mass is 32.2. The van der Waals surface area contributed by atoms with Crippen LogP contribution in [-0.4, -0.2) is 45.2 Å². The molecule has 1 fully saturated rings. The van der Waals surface area contributed by atoms with Crippen molar-refractivity contribution in [1.82, 2.24) is 5.32 Å². The van der Waals surface area contributed by atoms with Gasteiger partial charge in [0.1, 0.15) is 0 Å². The second-order valence-corrected chi connectivity index (χ2v) is 7.73. The molecule has 0 aliphatic heterocycles. The van der Waals surface area contributed by atoms with Crippen LogP contribution in [0.25, 0.3) is 0 Å². The summed E-state index contributed by atoms with van der Waals surface area (Å²) in [5, 5.41) is 2.97. The summed E-state index contributed by atoms with van der Waals surface area (Å²) in [5.74, 6) is 0.149. The van der Waals surface area contributed by atoms with Gasteiger partial charge in [0.05, 0.1) is 23.7 Å². The molecule has 5 heteroatoms. The maximum Gasteiger partial charge on any atom is 0.154 e. The Balaban J connectivity index is 2.20. The summed E-state index contributed by atoms with van der Waals surface area (Å²) in [6.45, 7) is 3.77. The smallest absolute Gasteiger partial charge is 0.154 e. The third-order valence-corrected chi connectivity index (χ3v) is 5.69. The Morgan fingerprint density at radius 3 is 2.29 bits per heavy atom. The molecular formula is C12H25NO3S. The van der Waals surface area contributed by atoms with Gasteiger partial charge in [-0.15, -0.1) is 0 Å². The summed E-state index contributed by atoms with van der Waals surface area (Å²) >= 11 is 0. The van der Waals surface area contributed by atoms with E-state index >= 15 is 0 Å². The fourth-order valence-electron chi connectivity index (χ4n) is 2.08. The summed E-state index contributed by atoms with van der Waals surface area (Å²) in [6.07, 6.45) is 4.57. The molecule has 0 aromatic heterocycles. The molecular weight excluding hydrogens is 238 g/mol. The Morgan fingerprint density at radius 2 is 1.82 bits per heavy atom. The van der Waals surface area contributed by atoms with Crippen LogP contribution >= 0.6 is 0 Å². The zero-order valence-corrected chi connectivity index (χ0v) is 11.9. The van der Waals surface area contributed by atoms with Crippen molar-refractivity contribution in [3.8, 4) is 0 Å². The summed E-state index contributed by atoms with van der Waals surface area (Å²) in [7, 11) is -0.965. The summed E-state index contributed by atoms with van der Waals surface area (Å²) in [5.41, 5.74) is 0. The zero-order valence-electron chi connectivity index (χ0n) is 11.1. The Labute approximate surface area is 105 Å². The molecule has 0 atom stereocenters. The average Bonchev–Trinajstić information content (AvgIpc) is 2.29. The molecule has 0 bridgehead atoms. The number of sulfone groups is 1. The van der Waals surface area contributed by atoms with Crippen LogP contribution in [0.1, 0.15) is 39.5 Å². The van der Waals surface area contributed by atoms with E-state index in [2.05, 4.69) is 5.32 Å². The van der Waals surface area contributed by atoms with Crippen molar-refractivity contribution in [1.29, 1.82) is 0 Å². The van der Waals surface area contributed by atoms with Crippen molar-refractivity contribution >= 4 is 9.84 Å². The van der Waals surface area contributed by atoms with Gasteiger partial charge in [0.25, 0.3) is 0 Å². The third-order valence-electron chi connectivity index (χ3n) is 3.52. The van der Waals surface area contributed by atoms with Gasteiger partial charge in [-0.1, -0.05) is 0 Å². The first kappa shape index (κ1) is 14.9. The van der Waals surface area contributed by atoms with Gasteiger partial charge in [0, 0.05) is 6.04 Å². The van der Waals surface area contributed by atoms with Crippen LogP contribution < -0.4 is 5.32 Å². The van der Waals surface area contributed by atoms with E-state index in [0.29, 0.717) is 12.6 Å². The molecule has 1 aliphatic rings. The minimum absolute atomic E-state index is 0.149. The lowest BCUT2D eigenvalue weighted by molar-refractivity contribution is 0.0320. The molecule has 17 heavy (non-hydrogen) atoms. The molecule has 0 heterocycles. The minimum atomic E-state index is -2.95. The van der Waals surface area contributed by atoms with Gasteiger partial charge < -0.3 is 10.1 Å². The molecule has 0 aromatic carbocycles. The number of nitrogens with one attached hydrogen (secondary N) is 1. The fraction of sp³-hybridized carbons (Fsp3) is 1.00. The van der Waals surface area contributed by atoms with Crippen LogP contribution in [-0.2, 0) is 14.6 Å². The second kappa shape index (κ2) is 6.71. The van der Waals surface area contributed by atoms with E-state index < -0.39 is 9.84 Å². The molecule has 1 aliphatic carbocycles. The molecule has 4 nitrogen and oxygen atoms in total. The summed E-state index contributed by atoms with van der Waals surface area (Å²) < 4.78 is 28.8. The molecule has 1 saturated carbocycles. The lowest BCUT2D eigenvalue weighted by Crippen LogP contribution is -2.33. The largest absolute Gasteiger partial charge is 0.377 e. The normalized spacial score (nSPS) is 26.4. The van der Waals surface area contributed by atoms with Crippen LogP contribution in [0.3, 0.4) is 0 Å². The van der Waals surface area contributed by atoms with Gasteiger partial charge in [-0.2, -0.15) is 0 Å². The molecule has 1 rings (SSSR count). The first-order valence-electron chi connectivity index (χ1n) is 6.46. The predicted octanol–water partition coefficient (Wildman–Crippen LogP) is 1.36. The predicted molar refractivity (Wildman–Crippen MR) is 70.0 cm³/mol. The highest BCUT2D eigenvalue weighted by molar-refractivity contribution is 7.91. The average molecular weight is 263 g/mol. The second-order valence-electron chi connectivity index (χ2n) is 5.05. The Bertz CT molecular complexity index is 306. The van der Waals surface area contributed by atoms with Gasteiger partial charge in [-0.3, -0.25) is 0 Å². The Hall–Kier alpha value is -0.130. The van der Waals surface area contributed by atoms with Crippen molar-refractivity contribution in [3.05, 3.63) is 0 Å². The van der Waals surface area contributed by atoms with Gasteiger partial charge >= 0.3 is 0 Å². The van der Waals surface area contributed by atoms with E-state index in [0.717, 1.165) is 25.7 Å². The van der Waals surface area contributed by atoms with Gasteiger partial charge in [-0.05, 0) is 46.6 Å². The monoisotopic (exact) mass is 263 g/mol. The summed E-state index contributed by atoms with van der Waals surface area (Å²) in [6, 6.07) is 0.606. The van der Waals surface area contributed by atoms with Crippen LogP contribution in [0.5, 0.6) is 0 Å². The fourth-order valence-corrected chi connectivity index (χ4v) is 2.88. The van der Waals surface area contributed by atoms with E-state index in [1.807, 2.05) is 7.05 Å². The minimum Gasteiger partial charge on any atom is -0.377 e. The quantitative estimate of drug-likeness (QED) is 0.786. The Morgan fingerprint density at radius 1 is 1.24 bits per heavy atom. The van der Waals surface area contributed by atoms with Crippen LogP contribution in [0.15, 0.2) is 0 Å². The van der Waals surface area contributed by atoms with E-state index in [1.165, 1.54) is 0 Å². The van der Waals surface area contributed by atoms with Crippen LogP contribution in [0.4, 0.5) is 0 Å². The molecule has 102 valence electrons. The lowest BCUT2D eigenvalue weighted by atomic mass is 9.93. The molecule has 0 radical (unpaired) electrons. The number of hydrogen-bond donors (Lipinski definition) is 1. The maximum atomic E-state index is 11.6. The lowest BCUT2D eigenvalue weighted by Gasteiger charge is -2.28. The van der Waals surface area contributed by atoms with E-state index in [4.69, 9.17) is 4.74 Å². The highest BCUT2D eigenvalue weighted by Crippen LogP contribution is 2.20. The van der Waals surface area contributed by atoms with E-state index in [9.17, 15) is 8.42 Å². The van der Waals surface area contributed by atoms with Crippen molar-refractivity contribution < 1.29 is 13.2 Å². The first-order valence-corrected chi connectivity index (χ1v) is 8.17. The molecule has 0 spiro atoms. The van der Waals surface area contributed by atoms with Crippen molar-refractivity contribution in [2.45, 2.75) is 56.9 Å². The third kappa shape index (κ3) is 4.94. The molecule has 0 saturated heterocycles. The van der Waals surface area contributed by atoms with E-state index in [1.54, 1.807) is 13.8 Å². The van der Waals surface area contributed by atoms with Crippen molar-refractivity contribution in [2.75, 3.05) is 19.4 Å². The molecule has 0 unspecified atom stereocenters. The van der Waals surface area contributed by atoms with Gasteiger partial charge in [-0.25, -0.2) is 8.42 Å². The Kier molecular flexibility index (Phi) is 5.89. The highest BCUT2D eigenvalue weighted by Gasteiger charge is 2.21. The van der Waals surface area contributed by atoms with Crippen molar-refractivity contribution in [2.24, 2.45) is 0 Å². The zero-order chi connectivity index (χ0) is 12.9. The van der Waals surface area contributed by atoms with E-state index in [-0.39, 0.29) is 17.1 Å². The number of rotatable bonds is 6. The molecule has 1 N–H and O–H groups in total. The first-order chi connectivity index (χ1) is 7.95.